The zero-order chi connectivity index (χ0) is 22.4. The molecule has 0 unspecified atom stereocenters. The van der Waals surface area contributed by atoms with Crippen molar-refractivity contribution in [2.24, 2.45) is 11.8 Å². The van der Waals surface area contributed by atoms with Gasteiger partial charge in [0.05, 0.1) is 31.0 Å². The van der Waals surface area contributed by atoms with Crippen LogP contribution in [0.25, 0.3) is 6.08 Å². The zero-order valence-corrected chi connectivity index (χ0v) is 18.2. The van der Waals surface area contributed by atoms with Crippen molar-refractivity contribution in [1.29, 1.82) is 0 Å². The summed E-state index contributed by atoms with van der Waals surface area (Å²) >= 11 is 5.96. The molecular weight excluding hydrogens is 430 g/mol. The maximum Gasteiger partial charge on any atom is 0.247 e. The summed E-state index contributed by atoms with van der Waals surface area (Å²) in [6.45, 7) is 0.436. The second kappa shape index (κ2) is 8.07. The number of imide groups is 1. The first-order valence-electron chi connectivity index (χ1n) is 10.5. The van der Waals surface area contributed by atoms with Gasteiger partial charge in [-0.2, -0.15) is 0 Å². The number of nitrogens with one attached hydrogen (secondary N) is 1. The molecule has 0 radical (unpaired) electrons. The zero-order valence-electron chi connectivity index (χ0n) is 17.4. The Morgan fingerprint density at radius 1 is 1.06 bits per heavy atom. The number of likely N-dealkylation sites (tertiary alicyclic amines) is 1. The molecule has 2 aromatic rings. The molecule has 3 amide bonds. The standard InChI is InChI=1S/C24H22ClN3O4/c1-32-13-12-27-23(30)19-18-11-6-14-4-2-3-5-17(14)28(18)21(20(19)24(27)31)22(29)26-16-9-7-15(25)8-10-16/h2-11,18-21H,12-13H2,1H3,(H,26,29)/t18-,19+,20+,21-/m0/s1. The molecular formula is C24H22ClN3O4. The third-order valence-corrected chi connectivity index (χ3v) is 6.66. The normalized spacial score (nSPS) is 25.6. The lowest BCUT2D eigenvalue weighted by Gasteiger charge is -2.36. The van der Waals surface area contributed by atoms with Gasteiger partial charge in [-0.1, -0.05) is 42.0 Å². The number of anilines is 2. The first kappa shape index (κ1) is 20.7. The first-order chi connectivity index (χ1) is 15.5. The van der Waals surface area contributed by atoms with E-state index >= 15 is 0 Å². The third-order valence-electron chi connectivity index (χ3n) is 6.41. The summed E-state index contributed by atoms with van der Waals surface area (Å²) in [4.78, 5) is 43.4. The Morgan fingerprint density at radius 2 is 1.78 bits per heavy atom. The number of fused-ring (bicyclic) bond motifs is 5. The monoisotopic (exact) mass is 451 g/mol. The van der Waals surface area contributed by atoms with E-state index in [1.54, 1.807) is 24.3 Å². The van der Waals surface area contributed by atoms with E-state index in [9.17, 15) is 14.4 Å². The summed E-state index contributed by atoms with van der Waals surface area (Å²) in [5, 5.41) is 3.47. The van der Waals surface area contributed by atoms with Crippen LogP contribution in [0, 0.1) is 11.8 Å². The number of ether oxygens (including phenoxy) is 1. The maximum absolute atomic E-state index is 13.6. The van der Waals surface area contributed by atoms with E-state index < -0.39 is 17.9 Å². The van der Waals surface area contributed by atoms with Gasteiger partial charge in [0.25, 0.3) is 0 Å². The van der Waals surface area contributed by atoms with E-state index in [2.05, 4.69) is 5.32 Å². The fourth-order valence-electron chi connectivity index (χ4n) is 5.03. The van der Waals surface area contributed by atoms with E-state index in [4.69, 9.17) is 16.3 Å². The molecule has 4 atom stereocenters. The molecule has 0 bridgehead atoms. The van der Waals surface area contributed by atoms with Crippen molar-refractivity contribution in [2.45, 2.75) is 12.1 Å². The summed E-state index contributed by atoms with van der Waals surface area (Å²) in [5.41, 5.74) is 2.37. The second-order valence-electron chi connectivity index (χ2n) is 8.13. The lowest BCUT2D eigenvalue weighted by molar-refractivity contribution is -0.141. The van der Waals surface area contributed by atoms with Gasteiger partial charge in [-0.15, -0.1) is 0 Å². The Kier molecular flexibility index (Phi) is 5.23. The van der Waals surface area contributed by atoms with Crippen molar-refractivity contribution in [2.75, 3.05) is 30.5 Å². The number of amides is 3. The Morgan fingerprint density at radius 3 is 2.53 bits per heavy atom. The van der Waals surface area contributed by atoms with Crippen molar-refractivity contribution in [3.05, 3.63) is 65.2 Å². The summed E-state index contributed by atoms with van der Waals surface area (Å²) in [6, 6.07) is 13.3. The fourth-order valence-corrected chi connectivity index (χ4v) is 5.15. The van der Waals surface area contributed by atoms with E-state index in [-0.39, 0.29) is 36.9 Å². The van der Waals surface area contributed by atoms with Gasteiger partial charge < -0.3 is 15.0 Å². The number of carbonyl (C=O) groups excluding carboxylic acids is 3. The summed E-state index contributed by atoms with van der Waals surface area (Å²) in [5.74, 6) is -2.30. The predicted octanol–water partition coefficient (Wildman–Crippen LogP) is 2.81. The van der Waals surface area contributed by atoms with Gasteiger partial charge in [-0.3, -0.25) is 19.3 Å². The third kappa shape index (κ3) is 3.20. The number of hydrogen-bond acceptors (Lipinski definition) is 5. The molecule has 3 aliphatic heterocycles. The van der Waals surface area contributed by atoms with E-state index in [1.807, 2.05) is 41.3 Å². The van der Waals surface area contributed by atoms with Gasteiger partial charge in [-0.05, 0) is 35.9 Å². The molecule has 2 fully saturated rings. The molecule has 0 saturated carbocycles. The van der Waals surface area contributed by atoms with Crippen molar-refractivity contribution in [3.8, 4) is 0 Å². The minimum atomic E-state index is -0.823. The van der Waals surface area contributed by atoms with Crippen LogP contribution in [0.3, 0.4) is 0 Å². The summed E-state index contributed by atoms with van der Waals surface area (Å²) < 4.78 is 5.08. The quantitative estimate of drug-likeness (QED) is 0.707. The van der Waals surface area contributed by atoms with Crippen LogP contribution in [0.2, 0.25) is 5.02 Å². The fraction of sp³-hybridized carbons (Fsp3) is 0.292. The molecule has 0 aliphatic carbocycles. The van der Waals surface area contributed by atoms with Gasteiger partial charge in [0.15, 0.2) is 0 Å². The van der Waals surface area contributed by atoms with Gasteiger partial charge >= 0.3 is 0 Å². The van der Waals surface area contributed by atoms with Crippen LogP contribution in [0.15, 0.2) is 54.6 Å². The van der Waals surface area contributed by atoms with E-state index in [1.165, 1.54) is 12.0 Å². The average Bonchev–Trinajstić information content (AvgIpc) is 3.27. The Labute approximate surface area is 190 Å². The highest BCUT2D eigenvalue weighted by molar-refractivity contribution is 6.30. The lowest BCUT2D eigenvalue weighted by Crippen LogP contribution is -2.50. The Balaban J connectivity index is 1.55. The lowest BCUT2D eigenvalue weighted by atomic mass is 9.88. The molecule has 8 heteroatoms. The molecule has 7 nitrogen and oxygen atoms in total. The highest BCUT2D eigenvalue weighted by Crippen LogP contribution is 2.48. The highest BCUT2D eigenvalue weighted by Gasteiger charge is 2.63. The number of carbonyl (C=O) groups is 3. The molecule has 0 spiro atoms. The number of rotatable bonds is 5. The largest absolute Gasteiger partial charge is 0.383 e. The molecule has 1 N–H and O–H groups in total. The summed E-state index contributed by atoms with van der Waals surface area (Å²) in [7, 11) is 1.52. The topological polar surface area (TPSA) is 79.0 Å². The number of benzene rings is 2. The van der Waals surface area contributed by atoms with Crippen molar-refractivity contribution >= 4 is 46.8 Å². The Hall–Kier alpha value is -3.16. The van der Waals surface area contributed by atoms with Crippen LogP contribution in [0.5, 0.6) is 0 Å². The van der Waals surface area contributed by atoms with Crippen LogP contribution in [0.1, 0.15) is 5.56 Å². The maximum atomic E-state index is 13.6. The van der Waals surface area contributed by atoms with Crippen LogP contribution in [-0.2, 0) is 19.1 Å². The number of hydrogen-bond donors (Lipinski definition) is 1. The van der Waals surface area contributed by atoms with Crippen LogP contribution < -0.4 is 10.2 Å². The molecule has 164 valence electrons. The van der Waals surface area contributed by atoms with Crippen LogP contribution in [0.4, 0.5) is 11.4 Å². The minimum absolute atomic E-state index is 0.180. The van der Waals surface area contributed by atoms with Crippen molar-refractivity contribution in [3.63, 3.8) is 0 Å². The number of halogens is 1. The SMILES string of the molecule is COCCN1C(=O)[C@@H]2[C@H](C1=O)[C@@H]1C=Cc3ccccc3N1[C@@H]2C(=O)Nc1ccc(Cl)cc1. The molecule has 2 saturated heterocycles. The molecule has 32 heavy (non-hydrogen) atoms. The molecule has 5 rings (SSSR count). The van der Waals surface area contributed by atoms with E-state index in [0.29, 0.717) is 10.7 Å². The van der Waals surface area contributed by atoms with Crippen molar-refractivity contribution in [1.82, 2.24) is 4.90 Å². The number of para-hydroxylation sites is 1. The van der Waals surface area contributed by atoms with Gasteiger partial charge in [0.2, 0.25) is 17.7 Å². The van der Waals surface area contributed by atoms with Gasteiger partial charge in [0.1, 0.15) is 6.04 Å². The minimum Gasteiger partial charge on any atom is -0.383 e. The average molecular weight is 452 g/mol. The molecule has 0 aromatic heterocycles. The van der Waals surface area contributed by atoms with Crippen molar-refractivity contribution < 1.29 is 19.1 Å². The van der Waals surface area contributed by atoms with Gasteiger partial charge in [-0.25, -0.2) is 0 Å². The van der Waals surface area contributed by atoms with Gasteiger partial charge in [0, 0.05) is 23.5 Å². The van der Waals surface area contributed by atoms with E-state index in [0.717, 1.165) is 11.3 Å². The van der Waals surface area contributed by atoms with Crippen LogP contribution in [-0.4, -0.2) is 55.0 Å². The predicted molar refractivity (Wildman–Crippen MR) is 121 cm³/mol. The summed E-state index contributed by atoms with van der Waals surface area (Å²) in [6.07, 6.45) is 3.89. The number of methoxy groups -OCH3 is 1. The molecule has 3 aliphatic rings. The first-order valence-corrected chi connectivity index (χ1v) is 10.8. The molecule has 2 aromatic carbocycles. The molecule has 3 heterocycles. The Bertz CT molecular complexity index is 1120. The van der Waals surface area contributed by atoms with Crippen LogP contribution >= 0.6 is 11.6 Å². The highest BCUT2D eigenvalue weighted by atomic mass is 35.5. The number of nitrogens with zero attached hydrogens (tertiary/aromatic N) is 2. The smallest absolute Gasteiger partial charge is 0.247 e. The second-order valence-corrected chi connectivity index (χ2v) is 8.57.